The second-order valence-corrected chi connectivity index (χ2v) is 8.65. The molecule has 1 saturated heterocycles. The Morgan fingerprint density at radius 2 is 1.64 bits per heavy atom. The number of anilines is 1. The number of Topliss-reactive ketones (excluding diaryl/α,β-unsaturated/α-hetero) is 1. The highest BCUT2D eigenvalue weighted by molar-refractivity contribution is 7.92. The second-order valence-electron chi connectivity index (χ2n) is 6.66. The SMILES string of the molecule is CC(=O)c1ccc(N2CCN(C(=O)CS(=O)(=O)c3ccccc3)CC2)c(F)c1. The predicted octanol–water partition coefficient (Wildman–Crippen LogP) is 2.15. The Balaban J connectivity index is 1.62. The molecule has 1 heterocycles. The van der Waals surface area contributed by atoms with Gasteiger partial charge in [0.1, 0.15) is 11.6 Å². The Hall–Kier alpha value is -2.74. The van der Waals surface area contributed by atoms with Crippen molar-refractivity contribution < 1.29 is 22.4 Å². The van der Waals surface area contributed by atoms with E-state index in [0.717, 1.165) is 0 Å². The van der Waals surface area contributed by atoms with Crippen LogP contribution in [0.25, 0.3) is 0 Å². The van der Waals surface area contributed by atoms with Gasteiger partial charge in [0.25, 0.3) is 0 Å². The van der Waals surface area contributed by atoms with Gasteiger partial charge in [-0.3, -0.25) is 9.59 Å². The van der Waals surface area contributed by atoms with Gasteiger partial charge in [-0.15, -0.1) is 0 Å². The first-order chi connectivity index (χ1) is 13.3. The number of carbonyl (C=O) groups excluding carboxylic acids is 2. The van der Waals surface area contributed by atoms with Crippen LogP contribution in [0.15, 0.2) is 53.4 Å². The maximum Gasteiger partial charge on any atom is 0.238 e. The molecule has 0 bridgehead atoms. The molecule has 2 aromatic carbocycles. The number of hydrogen-bond donors (Lipinski definition) is 0. The highest BCUT2D eigenvalue weighted by Crippen LogP contribution is 2.22. The fraction of sp³-hybridized carbons (Fsp3) is 0.300. The molecule has 1 amide bonds. The van der Waals surface area contributed by atoms with Gasteiger partial charge in [0, 0.05) is 31.7 Å². The van der Waals surface area contributed by atoms with Crippen LogP contribution in [0.5, 0.6) is 0 Å². The molecule has 1 fully saturated rings. The van der Waals surface area contributed by atoms with Crippen LogP contribution in [0.1, 0.15) is 17.3 Å². The number of carbonyl (C=O) groups is 2. The lowest BCUT2D eigenvalue weighted by atomic mass is 10.1. The monoisotopic (exact) mass is 404 g/mol. The van der Waals surface area contributed by atoms with Crippen LogP contribution in [-0.2, 0) is 14.6 Å². The maximum atomic E-state index is 14.3. The van der Waals surface area contributed by atoms with Crippen molar-refractivity contribution in [2.45, 2.75) is 11.8 Å². The molecule has 3 rings (SSSR count). The summed E-state index contributed by atoms with van der Waals surface area (Å²) in [6.45, 7) is 2.75. The van der Waals surface area contributed by atoms with Crippen molar-refractivity contribution in [3.63, 3.8) is 0 Å². The van der Waals surface area contributed by atoms with E-state index >= 15 is 0 Å². The molecule has 0 saturated carbocycles. The van der Waals surface area contributed by atoms with Gasteiger partial charge in [-0.1, -0.05) is 18.2 Å². The van der Waals surface area contributed by atoms with E-state index in [-0.39, 0.29) is 10.7 Å². The standard InChI is InChI=1S/C20H21FN2O4S/c1-15(24)16-7-8-19(18(21)13-16)22-9-11-23(12-10-22)20(25)14-28(26,27)17-5-3-2-4-6-17/h2-8,13H,9-12,14H2,1H3. The molecule has 8 heteroatoms. The van der Waals surface area contributed by atoms with Gasteiger partial charge in [0.15, 0.2) is 15.6 Å². The molecule has 0 aromatic heterocycles. The lowest BCUT2D eigenvalue weighted by molar-refractivity contribution is -0.128. The van der Waals surface area contributed by atoms with Crippen molar-refractivity contribution in [3.05, 3.63) is 59.9 Å². The second kappa shape index (κ2) is 8.10. The largest absolute Gasteiger partial charge is 0.366 e. The molecule has 28 heavy (non-hydrogen) atoms. The number of rotatable bonds is 5. The summed E-state index contributed by atoms with van der Waals surface area (Å²) in [6, 6.07) is 12.2. The molecule has 2 aromatic rings. The molecule has 1 aliphatic heterocycles. The van der Waals surface area contributed by atoms with Crippen LogP contribution in [-0.4, -0.2) is 56.9 Å². The van der Waals surface area contributed by atoms with Crippen LogP contribution in [0.4, 0.5) is 10.1 Å². The number of ketones is 1. The fourth-order valence-corrected chi connectivity index (χ4v) is 4.39. The van der Waals surface area contributed by atoms with Crippen LogP contribution in [0, 0.1) is 5.82 Å². The Morgan fingerprint density at radius 3 is 2.21 bits per heavy atom. The lowest BCUT2D eigenvalue weighted by Gasteiger charge is -2.36. The Bertz CT molecular complexity index is 985. The average molecular weight is 404 g/mol. The van der Waals surface area contributed by atoms with E-state index in [1.165, 1.54) is 30.0 Å². The molecule has 0 N–H and O–H groups in total. The van der Waals surface area contributed by atoms with E-state index in [0.29, 0.717) is 37.4 Å². The van der Waals surface area contributed by atoms with Gasteiger partial charge in [-0.2, -0.15) is 0 Å². The van der Waals surface area contributed by atoms with E-state index in [4.69, 9.17) is 0 Å². The van der Waals surface area contributed by atoms with E-state index in [1.54, 1.807) is 35.2 Å². The van der Waals surface area contributed by atoms with Gasteiger partial charge in [-0.05, 0) is 37.3 Å². The van der Waals surface area contributed by atoms with Crippen molar-refractivity contribution in [2.24, 2.45) is 0 Å². The zero-order chi connectivity index (χ0) is 20.3. The van der Waals surface area contributed by atoms with Crippen molar-refractivity contribution >= 4 is 27.2 Å². The third kappa shape index (κ3) is 4.39. The first-order valence-electron chi connectivity index (χ1n) is 8.89. The number of piperazine rings is 1. The minimum atomic E-state index is -3.69. The molecule has 148 valence electrons. The maximum absolute atomic E-state index is 14.3. The topological polar surface area (TPSA) is 74.8 Å². The minimum Gasteiger partial charge on any atom is -0.366 e. The summed E-state index contributed by atoms with van der Waals surface area (Å²) in [5, 5.41) is 0. The molecule has 0 radical (unpaired) electrons. The summed E-state index contributed by atoms with van der Waals surface area (Å²) in [5.74, 6) is -1.74. The average Bonchev–Trinajstić information content (AvgIpc) is 2.68. The van der Waals surface area contributed by atoms with Crippen molar-refractivity contribution in [1.29, 1.82) is 0 Å². The first kappa shape index (κ1) is 20.0. The lowest BCUT2D eigenvalue weighted by Crippen LogP contribution is -2.50. The minimum absolute atomic E-state index is 0.120. The van der Waals surface area contributed by atoms with Gasteiger partial charge in [0.05, 0.1) is 10.6 Å². The highest BCUT2D eigenvalue weighted by Gasteiger charge is 2.27. The highest BCUT2D eigenvalue weighted by atomic mass is 32.2. The molecule has 0 unspecified atom stereocenters. The molecular weight excluding hydrogens is 383 g/mol. The van der Waals surface area contributed by atoms with Crippen LogP contribution >= 0.6 is 0 Å². The summed E-state index contributed by atoms with van der Waals surface area (Å²) in [5.41, 5.74) is 0.676. The number of amides is 1. The van der Waals surface area contributed by atoms with E-state index in [9.17, 15) is 22.4 Å². The van der Waals surface area contributed by atoms with Crippen LogP contribution in [0.3, 0.4) is 0 Å². The first-order valence-corrected chi connectivity index (χ1v) is 10.5. The van der Waals surface area contributed by atoms with Crippen molar-refractivity contribution in [3.8, 4) is 0 Å². The fourth-order valence-electron chi connectivity index (χ4n) is 3.14. The van der Waals surface area contributed by atoms with Gasteiger partial charge in [0.2, 0.25) is 5.91 Å². The zero-order valence-corrected chi connectivity index (χ0v) is 16.3. The summed E-state index contributed by atoms with van der Waals surface area (Å²) < 4.78 is 39.0. The number of sulfone groups is 1. The van der Waals surface area contributed by atoms with Gasteiger partial charge in [-0.25, -0.2) is 12.8 Å². The third-order valence-corrected chi connectivity index (χ3v) is 6.36. The number of hydrogen-bond acceptors (Lipinski definition) is 5. The third-order valence-electron chi connectivity index (χ3n) is 4.74. The molecular formula is C20H21FN2O4S. The summed E-state index contributed by atoms with van der Waals surface area (Å²) in [6.07, 6.45) is 0. The Morgan fingerprint density at radius 1 is 1.00 bits per heavy atom. The van der Waals surface area contributed by atoms with Crippen molar-refractivity contribution in [1.82, 2.24) is 4.90 Å². The van der Waals surface area contributed by atoms with Gasteiger partial charge >= 0.3 is 0 Å². The van der Waals surface area contributed by atoms with Gasteiger partial charge < -0.3 is 9.80 Å². The zero-order valence-electron chi connectivity index (χ0n) is 15.5. The number of halogens is 1. The van der Waals surface area contributed by atoms with E-state index in [1.807, 2.05) is 0 Å². The summed E-state index contributed by atoms with van der Waals surface area (Å²) in [4.78, 5) is 27.2. The summed E-state index contributed by atoms with van der Waals surface area (Å²) in [7, 11) is -3.69. The molecule has 0 spiro atoms. The van der Waals surface area contributed by atoms with Crippen molar-refractivity contribution in [2.75, 3.05) is 36.8 Å². The Kier molecular flexibility index (Phi) is 5.79. The molecule has 1 aliphatic rings. The van der Waals surface area contributed by atoms with E-state index < -0.39 is 27.3 Å². The predicted molar refractivity (Wildman–Crippen MR) is 104 cm³/mol. The van der Waals surface area contributed by atoms with E-state index in [2.05, 4.69) is 0 Å². The van der Waals surface area contributed by atoms with Crippen LogP contribution < -0.4 is 4.90 Å². The summed E-state index contributed by atoms with van der Waals surface area (Å²) >= 11 is 0. The number of nitrogens with zero attached hydrogens (tertiary/aromatic N) is 2. The Labute approximate surface area is 163 Å². The molecule has 6 nitrogen and oxygen atoms in total. The smallest absolute Gasteiger partial charge is 0.238 e. The molecule has 0 aliphatic carbocycles. The quantitative estimate of drug-likeness (QED) is 0.714. The molecule has 0 atom stereocenters. The van der Waals surface area contributed by atoms with Crippen LogP contribution in [0.2, 0.25) is 0 Å². The normalized spacial score (nSPS) is 14.8. The number of benzene rings is 2.